The highest BCUT2D eigenvalue weighted by atomic mass is 35.5. The number of anilines is 1. The highest BCUT2D eigenvalue weighted by molar-refractivity contribution is 8.18. The van der Waals surface area contributed by atoms with Gasteiger partial charge in [0, 0.05) is 5.69 Å². The Kier molecular flexibility index (Phi) is 8.43. The number of nitrogens with zero attached hydrogens (tertiary/aromatic N) is 1. The van der Waals surface area contributed by atoms with Crippen LogP contribution < -0.4 is 14.8 Å². The second kappa shape index (κ2) is 11.3. The van der Waals surface area contributed by atoms with Crippen molar-refractivity contribution in [1.82, 2.24) is 4.90 Å². The molecule has 1 N–H and O–H groups in total. The van der Waals surface area contributed by atoms with E-state index in [0.29, 0.717) is 28.8 Å². The van der Waals surface area contributed by atoms with Crippen LogP contribution in [0.2, 0.25) is 10.0 Å². The second-order valence-corrected chi connectivity index (χ2v) is 8.53. The van der Waals surface area contributed by atoms with Gasteiger partial charge >= 0.3 is 5.97 Å². The SMILES string of the molecule is COC(=O)COc1c(Cl)cc(/C=C2/SC(=O)N(CC(=O)Nc3ccc(OC)cc3)C2=O)cc1Cl. The Morgan fingerprint density at radius 3 is 2.32 bits per heavy atom. The molecule has 0 bridgehead atoms. The van der Waals surface area contributed by atoms with Gasteiger partial charge in [-0.2, -0.15) is 0 Å². The molecular weight excluding hydrogens is 507 g/mol. The normalized spacial score (nSPS) is 14.4. The maximum atomic E-state index is 12.7. The molecule has 2 aromatic carbocycles. The molecule has 178 valence electrons. The van der Waals surface area contributed by atoms with Gasteiger partial charge in [0.1, 0.15) is 12.3 Å². The standard InChI is InChI=1S/C22H18Cl2N2O7S/c1-31-14-5-3-13(4-6-14)25-18(27)10-26-21(29)17(34-22(26)30)9-12-7-15(23)20(16(24)8-12)33-11-19(28)32-2/h3-9H,10-11H2,1-2H3,(H,25,27)/b17-9+. The van der Waals surface area contributed by atoms with Crippen LogP contribution in [0.4, 0.5) is 10.5 Å². The van der Waals surface area contributed by atoms with Crippen LogP contribution in [0.1, 0.15) is 5.56 Å². The summed E-state index contributed by atoms with van der Waals surface area (Å²) < 4.78 is 14.8. The molecule has 1 aliphatic rings. The average molecular weight is 525 g/mol. The molecule has 2 aromatic rings. The minimum absolute atomic E-state index is 0.0780. The molecular formula is C22H18Cl2N2O7S. The van der Waals surface area contributed by atoms with E-state index < -0.39 is 29.6 Å². The molecule has 0 atom stereocenters. The van der Waals surface area contributed by atoms with Crippen LogP contribution in [-0.4, -0.2) is 55.3 Å². The molecule has 1 aliphatic heterocycles. The minimum atomic E-state index is -0.627. The number of rotatable bonds is 8. The number of hydrogen-bond donors (Lipinski definition) is 1. The number of imide groups is 1. The van der Waals surface area contributed by atoms with E-state index in [-0.39, 0.29) is 27.3 Å². The zero-order valence-corrected chi connectivity index (χ0v) is 20.3. The Bertz CT molecular complexity index is 1150. The topological polar surface area (TPSA) is 111 Å². The zero-order chi connectivity index (χ0) is 24.8. The molecule has 34 heavy (non-hydrogen) atoms. The lowest BCUT2D eigenvalue weighted by Crippen LogP contribution is -2.36. The lowest BCUT2D eigenvalue weighted by atomic mass is 10.2. The monoisotopic (exact) mass is 524 g/mol. The molecule has 0 saturated carbocycles. The largest absolute Gasteiger partial charge is 0.497 e. The minimum Gasteiger partial charge on any atom is -0.497 e. The number of carbonyl (C=O) groups excluding carboxylic acids is 4. The van der Waals surface area contributed by atoms with Crippen molar-refractivity contribution in [2.24, 2.45) is 0 Å². The van der Waals surface area contributed by atoms with E-state index in [1.807, 2.05) is 0 Å². The highest BCUT2D eigenvalue weighted by Gasteiger charge is 2.36. The number of methoxy groups -OCH3 is 2. The van der Waals surface area contributed by atoms with Crippen LogP contribution in [0.3, 0.4) is 0 Å². The maximum Gasteiger partial charge on any atom is 0.343 e. The van der Waals surface area contributed by atoms with Crippen molar-refractivity contribution in [3.05, 3.63) is 56.9 Å². The predicted molar refractivity (Wildman–Crippen MR) is 128 cm³/mol. The van der Waals surface area contributed by atoms with Crippen molar-refractivity contribution in [3.63, 3.8) is 0 Å². The fourth-order valence-corrected chi connectivity index (χ4v) is 4.25. The predicted octanol–water partition coefficient (Wildman–Crippen LogP) is 4.23. The van der Waals surface area contributed by atoms with Gasteiger partial charge in [-0.3, -0.25) is 19.3 Å². The number of hydrogen-bond acceptors (Lipinski definition) is 8. The molecule has 0 aliphatic carbocycles. The zero-order valence-electron chi connectivity index (χ0n) is 17.9. The van der Waals surface area contributed by atoms with Gasteiger partial charge in [-0.1, -0.05) is 23.2 Å². The van der Waals surface area contributed by atoms with Crippen molar-refractivity contribution in [3.8, 4) is 11.5 Å². The van der Waals surface area contributed by atoms with Crippen LogP contribution >= 0.6 is 35.0 Å². The smallest absolute Gasteiger partial charge is 0.343 e. The summed E-state index contributed by atoms with van der Waals surface area (Å²) >= 11 is 13.1. The first-order chi connectivity index (χ1) is 16.2. The molecule has 0 aromatic heterocycles. The molecule has 3 amide bonds. The summed E-state index contributed by atoms with van der Waals surface area (Å²) in [5.41, 5.74) is 0.917. The van der Waals surface area contributed by atoms with Crippen molar-refractivity contribution in [2.45, 2.75) is 0 Å². The number of nitrogens with one attached hydrogen (secondary N) is 1. The van der Waals surface area contributed by atoms with E-state index >= 15 is 0 Å². The Balaban J connectivity index is 1.69. The fourth-order valence-electron chi connectivity index (χ4n) is 2.80. The number of carbonyl (C=O) groups is 4. The van der Waals surface area contributed by atoms with Gasteiger partial charge in [-0.25, -0.2) is 4.79 Å². The van der Waals surface area contributed by atoms with Gasteiger partial charge in [0.05, 0.1) is 29.2 Å². The number of thioether (sulfide) groups is 1. The maximum absolute atomic E-state index is 12.7. The van der Waals surface area contributed by atoms with Crippen LogP contribution in [0.15, 0.2) is 41.3 Å². The van der Waals surface area contributed by atoms with Crippen LogP contribution in [-0.2, 0) is 19.1 Å². The molecule has 9 nitrogen and oxygen atoms in total. The third-order valence-corrected chi connectivity index (χ3v) is 5.90. The Morgan fingerprint density at radius 2 is 1.74 bits per heavy atom. The second-order valence-electron chi connectivity index (χ2n) is 6.72. The average Bonchev–Trinajstić information content (AvgIpc) is 3.06. The number of benzene rings is 2. The lowest BCUT2D eigenvalue weighted by molar-refractivity contribution is -0.142. The molecule has 12 heteroatoms. The van der Waals surface area contributed by atoms with E-state index in [2.05, 4.69) is 10.1 Å². The van der Waals surface area contributed by atoms with Crippen molar-refractivity contribution < 1.29 is 33.4 Å². The van der Waals surface area contributed by atoms with Gasteiger partial charge in [-0.15, -0.1) is 0 Å². The number of halogens is 2. The first-order valence-corrected chi connectivity index (χ1v) is 11.2. The summed E-state index contributed by atoms with van der Waals surface area (Å²) in [6.07, 6.45) is 1.42. The van der Waals surface area contributed by atoms with Crippen molar-refractivity contribution in [2.75, 3.05) is 32.7 Å². The lowest BCUT2D eigenvalue weighted by Gasteiger charge is -2.12. The third kappa shape index (κ3) is 6.22. The number of esters is 1. The Morgan fingerprint density at radius 1 is 1.09 bits per heavy atom. The summed E-state index contributed by atoms with van der Waals surface area (Å²) in [6.45, 7) is -0.831. The summed E-state index contributed by atoms with van der Waals surface area (Å²) in [6, 6.07) is 9.53. The molecule has 3 rings (SSSR count). The molecule has 0 spiro atoms. The summed E-state index contributed by atoms with van der Waals surface area (Å²) in [7, 11) is 2.74. The molecule has 0 radical (unpaired) electrons. The van der Waals surface area contributed by atoms with Crippen molar-refractivity contribution in [1.29, 1.82) is 0 Å². The van der Waals surface area contributed by atoms with Gasteiger partial charge in [0.25, 0.3) is 11.1 Å². The number of amides is 3. The van der Waals surface area contributed by atoms with Crippen molar-refractivity contribution >= 4 is 69.8 Å². The van der Waals surface area contributed by atoms with Crippen LogP contribution in [0.5, 0.6) is 11.5 Å². The fraction of sp³-hybridized carbons (Fsp3) is 0.182. The van der Waals surface area contributed by atoms with E-state index in [1.54, 1.807) is 24.3 Å². The van der Waals surface area contributed by atoms with E-state index in [0.717, 1.165) is 4.90 Å². The molecule has 1 fully saturated rings. The Labute approximate surface area is 208 Å². The molecule has 1 heterocycles. The highest BCUT2D eigenvalue weighted by Crippen LogP contribution is 2.37. The van der Waals surface area contributed by atoms with E-state index in [4.69, 9.17) is 32.7 Å². The number of ether oxygens (including phenoxy) is 3. The Hall–Kier alpha value is -3.21. The summed E-state index contributed by atoms with van der Waals surface area (Å²) in [5, 5.41) is 2.23. The van der Waals surface area contributed by atoms with Gasteiger partial charge in [0.15, 0.2) is 12.4 Å². The third-order valence-electron chi connectivity index (χ3n) is 4.43. The quantitative estimate of drug-likeness (QED) is 0.403. The molecule has 1 saturated heterocycles. The summed E-state index contributed by atoms with van der Waals surface area (Å²) in [5.74, 6) is -1.07. The van der Waals surface area contributed by atoms with Crippen LogP contribution in [0, 0.1) is 0 Å². The van der Waals surface area contributed by atoms with Gasteiger partial charge in [-0.05, 0) is 59.8 Å². The molecule has 0 unspecified atom stereocenters. The first-order valence-electron chi connectivity index (χ1n) is 9.59. The van der Waals surface area contributed by atoms with E-state index in [1.165, 1.54) is 32.4 Å². The van der Waals surface area contributed by atoms with Gasteiger partial charge < -0.3 is 19.5 Å². The van der Waals surface area contributed by atoms with E-state index in [9.17, 15) is 19.2 Å². The summed E-state index contributed by atoms with van der Waals surface area (Å²) in [4.78, 5) is 49.6. The van der Waals surface area contributed by atoms with Gasteiger partial charge in [0.2, 0.25) is 5.91 Å². The van der Waals surface area contributed by atoms with Crippen LogP contribution in [0.25, 0.3) is 6.08 Å². The first kappa shape index (κ1) is 25.4.